The SMILES string of the molecule is CN(c1ncccc1F)C(CCO)c1ccccc1. The van der Waals surface area contributed by atoms with Crippen molar-refractivity contribution in [2.24, 2.45) is 0 Å². The number of aliphatic hydroxyl groups excluding tert-OH is 1. The van der Waals surface area contributed by atoms with E-state index in [1.165, 1.54) is 6.07 Å². The summed E-state index contributed by atoms with van der Waals surface area (Å²) in [6, 6.07) is 12.6. The zero-order chi connectivity index (χ0) is 13.7. The molecule has 1 N–H and O–H groups in total. The van der Waals surface area contributed by atoms with Crippen molar-refractivity contribution in [3.8, 4) is 0 Å². The molecular weight excluding hydrogens is 243 g/mol. The van der Waals surface area contributed by atoms with Crippen molar-refractivity contribution >= 4 is 5.82 Å². The van der Waals surface area contributed by atoms with Gasteiger partial charge in [-0.15, -0.1) is 0 Å². The van der Waals surface area contributed by atoms with Crippen LogP contribution >= 0.6 is 0 Å². The van der Waals surface area contributed by atoms with Gasteiger partial charge in [-0.3, -0.25) is 0 Å². The van der Waals surface area contributed by atoms with Gasteiger partial charge in [0.1, 0.15) is 0 Å². The van der Waals surface area contributed by atoms with Crippen LogP contribution in [0.2, 0.25) is 0 Å². The number of halogens is 1. The van der Waals surface area contributed by atoms with Crippen LogP contribution in [0.4, 0.5) is 10.2 Å². The molecule has 0 amide bonds. The topological polar surface area (TPSA) is 36.4 Å². The third-order valence-corrected chi connectivity index (χ3v) is 3.13. The van der Waals surface area contributed by atoms with Gasteiger partial charge in [0.05, 0.1) is 6.04 Å². The molecule has 1 unspecified atom stereocenters. The van der Waals surface area contributed by atoms with Gasteiger partial charge in [0.15, 0.2) is 11.6 Å². The zero-order valence-corrected chi connectivity index (χ0v) is 10.8. The highest BCUT2D eigenvalue weighted by Gasteiger charge is 2.20. The maximum Gasteiger partial charge on any atom is 0.165 e. The molecule has 0 saturated carbocycles. The van der Waals surface area contributed by atoms with Gasteiger partial charge in [-0.2, -0.15) is 0 Å². The summed E-state index contributed by atoms with van der Waals surface area (Å²) < 4.78 is 13.8. The highest BCUT2D eigenvalue weighted by molar-refractivity contribution is 5.42. The first-order chi connectivity index (χ1) is 9.24. The van der Waals surface area contributed by atoms with Crippen LogP contribution in [0.15, 0.2) is 48.7 Å². The van der Waals surface area contributed by atoms with E-state index in [2.05, 4.69) is 4.98 Å². The lowest BCUT2D eigenvalue weighted by Gasteiger charge is -2.29. The maximum absolute atomic E-state index is 13.8. The molecule has 2 rings (SSSR count). The average Bonchev–Trinajstić information content (AvgIpc) is 2.45. The molecule has 3 nitrogen and oxygen atoms in total. The van der Waals surface area contributed by atoms with E-state index in [4.69, 9.17) is 0 Å². The molecule has 0 radical (unpaired) electrons. The maximum atomic E-state index is 13.8. The Morgan fingerprint density at radius 1 is 1.21 bits per heavy atom. The highest BCUT2D eigenvalue weighted by atomic mass is 19.1. The molecule has 1 atom stereocenters. The molecular formula is C15H17FN2O. The average molecular weight is 260 g/mol. The van der Waals surface area contributed by atoms with Gasteiger partial charge in [-0.1, -0.05) is 30.3 Å². The summed E-state index contributed by atoms with van der Waals surface area (Å²) in [6.07, 6.45) is 2.09. The Kier molecular flexibility index (Phi) is 4.47. The molecule has 0 fully saturated rings. The number of nitrogens with zero attached hydrogens (tertiary/aromatic N) is 2. The minimum atomic E-state index is -0.358. The summed E-state index contributed by atoms with van der Waals surface area (Å²) in [4.78, 5) is 5.84. The van der Waals surface area contributed by atoms with E-state index in [1.807, 2.05) is 30.3 Å². The molecule has 0 aliphatic carbocycles. The fourth-order valence-electron chi connectivity index (χ4n) is 2.17. The second-order valence-electron chi connectivity index (χ2n) is 4.36. The van der Waals surface area contributed by atoms with Crippen LogP contribution < -0.4 is 4.90 Å². The van der Waals surface area contributed by atoms with Gasteiger partial charge >= 0.3 is 0 Å². The molecule has 2 aromatic rings. The summed E-state index contributed by atoms with van der Waals surface area (Å²) in [5, 5.41) is 9.22. The van der Waals surface area contributed by atoms with Gasteiger partial charge in [-0.05, 0) is 24.1 Å². The molecule has 1 aromatic heterocycles. The molecule has 0 spiro atoms. The normalized spacial score (nSPS) is 12.2. The van der Waals surface area contributed by atoms with Crippen LogP contribution in [0.5, 0.6) is 0 Å². The quantitative estimate of drug-likeness (QED) is 0.898. The summed E-state index contributed by atoms with van der Waals surface area (Å²) in [5.74, 6) is -0.0614. The number of benzene rings is 1. The van der Waals surface area contributed by atoms with Crippen LogP contribution in [0.25, 0.3) is 0 Å². The van der Waals surface area contributed by atoms with Crippen LogP contribution in [-0.2, 0) is 0 Å². The number of hydrogen-bond donors (Lipinski definition) is 1. The predicted molar refractivity (Wildman–Crippen MR) is 73.5 cm³/mol. The van der Waals surface area contributed by atoms with Gasteiger partial charge in [-0.25, -0.2) is 9.37 Å². The van der Waals surface area contributed by atoms with Gasteiger partial charge in [0.25, 0.3) is 0 Å². The Bertz CT molecular complexity index is 519. The smallest absolute Gasteiger partial charge is 0.165 e. The number of pyridine rings is 1. The number of rotatable bonds is 5. The molecule has 100 valence electrons. The van der Waals surface area contributed by atoms with Crippen molar-refractivity contribution in [2.75, 3.05) is 18.6 Å². The fourth-order valence-corrected chi connectivity index (χ4v) is 2.17. The van der Waals surface area contributed by atoms with E-state index < -0.39 is 0 Å². The number of hydrogen-bond acceptors (Lipinski definition) is 3. The monoisotopic (exact) mass is 260 g/mol. The molecule has 1 heterocycles. The van der Waals surface area contributed by atoms with Crippen LogP contribution in [0.1, 0.15) is 18.0 Å². The van der Waals surface area contributed by atoms with E-state index >= 15 is 0 Å². The summed E-state index contributed by atoms with van der Waals surface area (Å²) in [7, 11) is 1.79. The first-order valence-electron chi connectivity index (χ1n) is 6.23. The molecule has 0 aliphatic heterocycles. The van der Waals surface area contributed by atoms with Crippen LogP contribution in [-0.4, -0.2) is 23.7 Å². The number of aromatic nitrogens is 1. The Morgan fingerprint density at radius 3 is 2.58 bits per heavy atom. The van der Waals surface area contributed by atoms with E-state index in [9.17, 15) is 9.50 Å². The summed E-state index contributed by atoms with van der Waals surface area (Å²) in [5.41, 5.74) is 1.03. The lowest BCUT2D eigenvalue weighted by molar-refractivity contribution is 0.274. The van der Waals surface area contributed by atoms with Crippen molar-refractivity contribution in [1.82, 2.24) is 4.98 Å². The summed E-state index contributed by atoms with van der Waals surface area (Å²) >= 11 is 0. The fraction of sp³-hybridized carbons (Fsp3) is 0.267. The first-order valence-corrected chi connectivity index (χ1v) is 6.23. The van der Waals surface area contributed by atoms with Gasteiger partial charge < -0.3 is 10.0 Å². The van der Waals surface area contributed by atoms with Crippen molar-refractivity contribution in [2.45, 2.75) is 12.5 Å². The van der Waals surface area contributed by atoms with E-state index in [-0.39, 0.29) is 18.5 Å². The number of aliphatic hydroxyl groups is 1. The van der Waals surface area contributed by atoms with Crippen LogP contribution in [0.3, 0.4) is 0 Å². The van der Waals surface area contributed by atoms with Crippen LogP contribution in [0, 0.1) is 5.82 Å². The van der Waals surface area contributed by atoms with Gasteiger partial charge in [0.2, 0.25) is 0 Å². The Hall–Kier alpha value is -1.94. The minimum Gasteiger partial charge on any atom is -0.396 e. The van der Waals surface area contributed by atoms with E-state index in [0.29, 0.717) is 12.2 Å². The third-order valence-electron chi connectivity index (χ3n) is 3.13. The Labute approximate surface area is 112 Å². The van der Waals surface area contributed by atoms with Crippen molar-refractivity contribution < 1.29 is 9.50 Å². The lowest BCUT2D eigenvalue weighted by atomic mass is 10.0. The van der Waals surface area contributed by atoms with Crippen molar-refractivity contribution in [1.29, 1.82) is 0 Å². The van der Waals surface area contributed by atoms with E-state index in [1.54, 1.807) is 24.2 Å². The largest absolute Gasteiger partial charge is 0.396 e. The Balaban J connectivity index is 2.32. The molecule has 0 saturated heterocycles. The third kappa shape index (κ3) is 3.09. The Morgan fingerprint density at radius 2 is 1.95 bits per heavy atom. The predicted octanol–water partition coefficient (Wildman–Crippen LogP) is 2.78. The summed E-state index contributed by atoms with van der Waals surface area (Å²) in [6.45, 7) is 0.0400. The molecule has 4 heteroatoms. The lowest BCUT2D eigenvalue weighted by Crippen LogP contribution is -2.26. The second-order valence-corrected chi connectivity index (χ2v) is 4.36. The standard InChI is InChI=1S/C15H17FN2O/c1-18(15-13(16)8-5-10-17-15)14(9-11-19)12-6-3-2-4-7-12/h2-8,10,14,19H,9,11H2,1H3. The first kappa shape index (κ1) is 13.5. The van der Waals surface area contributed by atoms with Crippen molar-refractivity contribution in [3.05, 3.63) is 60.0 Å². The molecule has 0 bridgehead atoms. The number of anilines is 1. The van der Waals surface area contributed by atoms with E-state index in [0.717, 1.165) is 5.56 Å². The minimum absolute atomic E-state index is 0.0400. The van der Waals surface area contributed by atoms with Crippen molar-refractivity contribution in [3.63, 3.8) is 0 Å². The highest BCUT2D eigenvalue weighted by Crippen LogP contribution is 2.28. The second kappa shape index (κ2) is 6.29. The van der Waals surface area contributed by atoms with Gasteiger partial charge in [0, 0.05) is 19.9 Å². The molecule has 19 heavy (non-hydrogen) atoms. The molecule has 1 aromatic carbocycles. The zero-order valence-electron chi connectivity index (χ0n) is 10.8. The molecule has 0 aliphatic rings.